The first-order valence-electron chi connectivity index (χ1n) is 24.5. The molecule has 5 aromatic rings. The van der Waals surface area contributed by atoms with Crippen LogP contribution < -0.4 is 9.47 Å². The number of hydrogen-bond acceptors (Lipinski definition) is 10. The van der Waals surface area contributed by atoms with Crippen LogP contribution in [0.2, 0.25) is 0 Å². The smallest absolute Gasteiger partial charge is 0.269 e. The lowest BCUT2D eigenvalue weighted by Crippen LogP contribution is -2.70. The molecule has 9 rings (SSSR count). The van der Waals surface area contributed by atoms with Crippen LogP contribution in [0.25, 0.3) is 11.1 Å². The molecule has 2 N–H and O–H groups in total. The molecule has 364 valence electrons. The molecule has 0 saturated heterocycles. The maximum absolute atomic E-state index is 14.9. The van der Waals surface area contributed by atoms with Gasteiger partial charge in [0, 0.05) is 55.7 Å². The second-order valence-electron chi connectivity index (χ2n) is 18.8. The van der Waals surface area contributed by atoms with Crippen molar-refractivity contribution in [3.05, 3.63) is 178 Å². The van der Waals surface area contributed by atoms with Gasteiger partial charge in [0.05, 0.1) is 23.2 Å². The van der Waals surface area contributed by atoms with Gasteiger partial charge >= 0.3 is 0 Å². The van der Waals surface area contributed by atoms with Crippen molar-refractivity contribution in [1.82, 2.24) is 4.90 Å². The topological polar surface area (TPSA) is 153 Å². The zero-order valence-electron chi connectivity index (χ0n) is 39.2. The molecule has 0 aromatic heterocycles. The molecule has 1 heterocycles. The Morgan fingerprint density at radius 1 is 0.871 bits per heavy atom. The van der Waals surface area contributed by atoms with Gasteiger partial charge in [-0.3, -0.25) is 14.9 Å². The van der Waals surface area contributed by atoms with Gasteiger partial charge < -0.3 is 34.2 Å². The van der Waals surface area contributed by atoms with Crippen LogP contribution in [0, 0.1) is 39.6 Å². The molecule has 3 aliphatic carbocycles. The largest absolute Gasteiger partial charge is 0.459 e. The number of oxime groups is 1. The Balaban J connectivity index is 1.20. The number of fused-ring (bicyclic) bond motifs is 2. The minimum Gasteiger partial charge on any atom is -0.459 e. The quantitative estimate of drug-likeness (QED) is 0.0299. The van der Waals surface area contributed by atoms with Crippen LogP contribution in [0.5, 0.6) is 17.2 Å². The van der Waals surface area contributed by atoms with Gasteiger partial charge in [-0.25, -0.2) is 4.39 Å². The molecule has 1 aliphatic heterocycles. The number of benzene rings is 5. The number of nitro benzene ring substituents is 1. The Morgan fingerprint density at radius 3 is 2.24 bits per heavy atom. The lowest BCUT2D eigenvalue weighted by atomic mass is 9.55. The highest BCUT2D eigenvalue weighted by Gasteiger charge is 2.66. The molecule has 1 amide bonds. The maximum Gasteiger partial charge on any atom is 0.269 e. The van der Waals surface area contributed by atoms with Crippen LogP contribution in [-0.2, 0) is 27.5 Å². The van der Waals surface area contributed by atoms with Crippen molar-refractivity contribution >= 4 is 17.3 Å². The van der Waals surface area contributed by atoms with Crippen LogP contribution in [0.3, 0.4) is 0 Å². The minimum absolute atomic E-state index is 0.000473. The van der Waals surface area contributed by atoms with Crippen molar-refractivity contribution in [3.63, 3.8) is 0 Å². The monoisotopic (exact) mass is 949 g/mol. The molecule has 0 spiro atoms. The Kier molecular flexibility index (Phi) is 15.2. The summed E-state index contributed by atoms with van der Waals surface area (Å²) in [5.41, 5.74) is 5.96. The van der Waals surface area contributed by atoms with Crippen LogP contribution in [0.1, 0.15) is 80.4 Å². The number of allylic oxidation sites excluding steroid dienone is 1. The van der Waals surface area contributed by atoms with E-state index in [2.05, 4.69) is 30.9 Å². The van der Waals surface area contributed by atoms with E-state index in [0.717, 1.165) is 66.4 Å². The number of unbranched alkanes of at least 4 members (excludes halogenated alkanes) is 2. The number of amides is 1. The summed E-state index contributed by atoms with van der Waals surface area (Å²) >= 11 is 0. The molecule has 13 heteroatoms. The van der Waals surface area contributed by atoms with E-state index in [4.69, 9.17) is 24.2 Å². The molecule has 2 fully saturated rings. The van der Waals surface area contributed by atoms with Crippen molar-refractivity contribution < 1.29 is 43.4 Å². The third kappa shape index (κ3) is 10.6. The second kappa shape index (κ2) is 22.0. The van der Waals surface area contributed by atoms with E-state index in [1.165, 1.54) is 24.3 Å². The lowest BCUT2D eigenvalue weighted by Gasteiger charge is -2.60. The number of aliphatic hydroxyl groups excluding tert-OH is 2. The van der Waals surface area contributed by atoms with E-state index in [9.17, 15) is 29.5 Å². The average Bonchev–Trinajstić information content (AvgIpc) is 4.24. The van der Waals surface area contributed by atoms with Crippen molar-refractivity contribution in [2.45, 2.75) is 88.7 Å². The van der Waals surface area contributed by atoms with Crippen LogP contribution in [0.4, 0.5) is 10.1 Å². The molecular weight excluding hydrogens is 890 g/mol. The highest BCUT2D eigenvalue weighted by molar-refractivity contribution is 6.03. The van der Waals surface area contributed by atoms with E-state index in [0.29, 0.717) is 41.4 Å². The number of aliphatic hydroxyl groups is 2. The second-order valence-corrected chi connectivity index (χ2v) is 18.8. The fourth-order valence-corrected chi connectivity index (χ4v) is 10.8. The molecule has 0 bridgehead atoms. The van der Waals surface area contributed by atoms with Crippen LogP contribution in [-0.4, -0.2) is 63.3 Å². The minimum atomic E-state index is -1.49. The summed E-state index contributed by atoms with van der Waals surface area (Å²) in [7, 11) is 0. The van der Waals surface area contributed by atoms with E-state index in [1.807, 2.05) is 59.5 Å². The number of carbonyl (C=O) groups is 1. The summed E-state index contributed by atoms with van der Waals surface area (Å²) in [6.45, 7) is 4.46. The van der Waals surface area contributed by atoms with Gasteiger partial charge in [-0.1, -0.05) is 84.7 Å². The van der Waals surface area contributed by atoms with Gasteiger partial charge in [0.15, 0.2) is 0 Å². The molecule has 4 aliphatic rings. The van der Waals surface area contributed by atoms with Gasteiger partial charge in [-0.2, -0.15) is 0 Å². The number of carbonyl (C=O) groups excluding carboxylic acids is 1. The average molecular weight is 950 g/mol. The zero-order chi connectivity index (χ0) is 48.6. The van der Waals surface area contributed by atoms with Crippen molar-refractivity contribution in [1.29, 1.82) is 0 Å². The molecular formula is C57H60FN3O9. The molecule has 12 nitrogen and oxygen atoms in total. The number of nitrogens with zero attached hydrogens (tertiary/aromatic N) is 3. The molecule has 0 radical (unpaired) electrons. The van der Waals surface area contributed by atoms with Gasteiger partial charge in [-0.15, -0.1) is 6.58 Å². The SMILES string of the molecule is C=CCOC12Oc3ccc(Oc4ccc(-c5ccccc5)cc4)cc3C3C(CCCCO)C(CCCCO)C=C(C(=NOCc4ccc([N+](=O)[O-])cc4)CC1N(Cc1ccc(F)cc1)C(=O)C1CC1)C32. The van der Waals surface area contributed by atoms with E-state index < -0.39 is 22.7 Å². The predicted molar refractivity (Wildman–Crippen MR) is 264 cm³/mol. The van der Waals surface area contributed by atoms with E-state index in [-0.39, 0.29) is 80.5 Å². The molecule has 6 atom stereocenters. The molecule has 70 heavy (non-hydrogen) atoms. The fourth-order valence-electron chi connectivity index (χ4n) is 10.8. The lowest BCUT2D eigenvalue weighted by molar-refractivity contribution is -0.384. The van der Waals surface area contributed by atoms with Gasteiger partial charge in [-0.05, 0) is 133 Å². The highest BCUT2D eigenvalue weighted by Crippen LogP contribution is 2.62. The summed E-state index contributed by atoms with van der Waals surface area (Å²) in [5, 5.41) is 36.4. The Bertz CT molecular complexity index is 2670. The maximum atomic E-state index is 14.9. The number of ether oxygens (including phenoxy) is 3. The summed E-state index contributed by atoms with van der Waals surface area (Å²) in [5.74, 6) is -1.11. The third-order valence-corrected chi connectivity index (χ3v) is 14.2. The van der Waals surface area contributed by atoms with Gasteiger partial charge in [0.25, 0.3) is 5.69 Å². The Hall–Kier alpha value is -6.67. The first-order valence-corrected chi connectivity index (χ1v) is 24.5. The number of halogens is 1. The van der Waals surface area contributed by atoms with Crippen LogP contribution in [0.15, 0.2) is 151 Å². The summed E-state index contributed by atoms with van der Waals surface area (Å²) in [6.07, 6.45) is 9.94. The normalized spacial score (nSPS) is 22.8. The molecule has 6 unspecified atom stereocenters. The Morgan fingerprint density at radius 2 is 1.56 bits per heavy atom. The third-order valence-electron chi connectivity index (χ3n) is 14.2. The van der Waals surface area contributed by atoms with E-state index >= 15 is 0 Å². The van der Waals surface area contributed by atoms with E-state index in [1.54, 1.807) is 30.3 Å². The highest BCUT2D eigenvalue weighted by atomic mass is 19.1. The number of nitro groups is 1. The standard InChI is InChI=1S/C57H60FN3O9/c1-2-32-67-57-53(60(56(64)42-18-19-42)36-38-14-22-44(58)23-15-38)35-51(59-68-37-39-16-24-45(25-17-39)61(65)66)49-33-43(12-6-8-30-62)48(13-7-9-31-63)54(55(49)57)50-34-47(28-29-52(50)70-57)69-46-26-20-41(21-27-46)40-10-4-3-5-11-40/h2-5,10-11,14-17,20-29,33-34,42-43,48,53-55,62-63H,1,6-9,12-13,18-19,30-32,35-37H2. The number of hydrogen-bond donors (Lipinski definition) is 2. The summed E-state index contributed by atoms with van der Waals surface area (Å²) < 4.78 is 35.6. The first-order chi connectivity index (χ1) is 34.2. The van der Waals surface area contributed by atoms with Gasteiger partial charge in [0.1, 0.15) is 35.7 Å². The summed E-state index contributed by atoms with van der Waals surface area (Å²) in [4.78, 5) is 34.0. The van der Waals surface area contributed by atoms with Crippen LogP contribution >= 0.6 is 0 Å². The first kappa shape index (κ1) is 48.4. The number of rotatable bonds is 22. The van der Waals surface area contributed by atoms with Crippen molar-refractivity contribution in [2.75, 3.05) is 19.8 Å². The molecule has 5 aromatic carbocycles. The van der Waals surface area contributed by atoms with Crippen molar-refractivity contribution in [3.8, 4) is 28.4 Å². The van der Waals surface area contributed by atoms with Gasteiger partial charge in [0.2, 0.25) is 11.7 Å². The Labute approximate surface area is 408 Å². The number of non-ortho nitro benzene ring substituents is 1. The van der Waals surface area contributed by atoms with Crippen molar-refractivity contribution in [2.24, 2.45) is 28.8 Å². The predicted octanol–water partition coefficient (Wildman–Crippen LogP) is 11.5. The fraction of sp³-hybridized carbons (Fsp3) is 0.368. The zero-order valence-corrected chi connectivity index (χ0v) is 39.2. The molecule has 2 saturated carbocycles. The summed E-state index contributed by atoms with van der Waals surface area (Å²) in [6, 6.07) is 35.6.